The van der Waals surface area contributed by atoms with Gasteiger partial charge in [0.1, 0.15) is 5.75 Å². The zero-order valence-corrected chi connectivity index (χ0v) is 15.6. The predicted molar refractivity (Wildman–Crippen MR) is 104 cm³/mol. The summed E-state index contributed by atoms with van der Waals surface area (Å²) in [4.78, 5) is 4.53. The van der Waals surface area contributed by atoms with Crippen LogP contribution >= 0.6 is 0 Å². The first-order chi connectivity index (χ1) is 12.8. The third kappa shape index (κ3) is 4.72. The van der Waals surface area contributed by atoms with Gasteiger partial charge in [-0.2, -0.15) is 4.98 Å². The molecular weight excluding hydrogens is 324 g/mol. The quantitative estimate of drug-likeness (QED) is 0.440. The van der Waals surface area contributed by atoms with E-state index >= 15 is 0 Å². The third-order valence-electron chi connectivity index (χ3n) is 4.43. The molecule has 1 aromatic heterocycles. The van der Waals surface area contributed by atoms with Crippen molar-refractivity contribution in [2.45, 2.75) is 46.0 Å². The molecule has 136 valence electrons. The van der Waals surface area contributed by atoms with Crippen molar-refractivity contribution >= 4 is 0 Å². The van der Waals surface area contributed by atoms with Crippen LogP contribution in [-0.2, 0) is 0 Å². The third-order valence-corrected chi connectivity index (χ3v) is 4.43. The number of ether oxygens (including phenoxy) is 1. The summed E-state index contributed by atoms with van der Waals surface area (Å²) in [5.41, 5.74) is 3.01. The minimum absolute atomic E-state index is 0.523. The van der Waals surface area contributed by atoms with Gasteiger partial charge in [-0.1, -0.05) is 62.0 Å². The van der Waals surface area contributed by atoms with Crippen LogP contribution in [0, 0.1) is 6.92 Å². The van der Waals surface area contributed by atoms with Gasteiger partial charge in [-0.15, -0.1) is 0 Å². The lowest BCUT2D eigenvalue weighted by Gasteiger charge is -2.06. The lowest BCUT2D eigenvalue weighted by atomic mass is 10.1. The molecule has 1 heterocycles. The van der Waals surface area contributed by atoms with Gasteiger partial charge in [0, 0.05) is 11.1 Å². The Morgan fingerprint density at radius 1 is 0.923 bits per heavy atom. The van der Waals surface area contributed by atoms with E-state index in [1.165, 1.54) is 25.7 Å². The molecule has 0 aliphatic heterocycles. The molecule has 0 aliphatic rings. The van der Waals surface area contributed by atoms with E-state index < -0.39 is 0 Å². The number of unbranched alkanes of at least 4 members (excludes halogenated alkanes) is 4. The molecule has 0 atom stereocenters. The molecule has 0 aliphatic carbocycles. The fourth-order valence-electron chi connectivity index (χ4n) is 2.86. The lowest BCUT2D eigenvalue weighted by Crippen LogP contribution is -1.97. The van der Waals surface area contributed by atoms with Crippen LogP contribution in [0.5, 0.6) is 5.75 Å². The Kier molecular flexibility index (Phi) is 6.42. The SMILES string of the molecule is CCCCCCCOc1ccc(-c2nc(-c3ccccc3C)no2)cc1. The van der Waals surface area contributed by atoms with Gasteiger partial charge < -0.3 is 9.26 Å². The van der Waals surface area contributed by atoms with Crippen molar-refractivity contribution in [3.05, 3.63) is 54.1 Å². The summed E-state index contributed by atoms with van der Waals surface area (Å²) in [6, 6.07) is 15.9. The summed E-state index contributed by atoms with van der Waals surface area (Å²) >= 11 is 0. The van der Waals surface area contributed by atoms with Crippen molar-refractivity contribution in [2.75, 3.05) is 6.61 Å². The first-order valence-corrected chi connectivity index (χ1v) is 9.41. The number of hydrogen-bond acceptors (Lipinski definition) is 4. The number of rotatable bonds is 9. The smallest absolute Gasteiger partial charge is 0.258 e. The van der Waals surface area contributed by atoms with Crippen molar-refractivity contribution < 1.29 is 9.26 Å². The fraction of sp³-hybridized carbons (Fsp3) is 0.364. The largest absolute Gasteiger partial charge is 0.494 e. The van der Waals surface area contributed by atoms with Crippen LogP contribution in [0.1, 0.15) is 44.6 Å². The van der Waals surface area contributed by atoms with Crippen LogP contribution in [0.3, 0.4) is 0 Å². The molecule has 0 spiro atoms. The van der Waals surface area contributed by atoms with Gasteiger partial charge in [-0.05, 0) is 43.2 Å². The standard InChI is InChI=1S/C22H26N2O2/c1-3-4-5-6-9-16-25-19-14-12-18(13-15-19)22-23-21(24-26-22)20-11-8-7-10-17(20)2/h7-8,10-15H,3-6,9,16H2,1-2H3. The second-order valence-corrected chi connectivity index (χ2v) is 6.53. The Bertz CT molecular complexity index is 809. The Hall–Kier alpha value is -2.62. The Morgan fingerprint density at radius 3 is 2.46 bits per heavy atom. The van der Waals surface area contributed by atoms with Crippen molar-refractivity contribution in [3.8, 4) is 28.6 Å². The normalized spacial score (nSPS) is 10.8. The summed E-state index contributed by atoms with van der Waals surface area (Å²) in [6.07, 6.45) is 6.20. The summed E-state index contributed by atoms with van der Waals surface area (Å²) < 4.78 is 11.2. The van der Waals surface area contributed by atoms with Crippen LogP contribution in [0.25, 0.3) is 22.8 Å². The Balaban J connectivity index is 1.58. The Morgan fingerprint density at radius 2 is 1.69 bits per heavy atom. The van der Waals surface area contributed by atoms with Crippen LogP contribution in [0.2, 0.25) is 0 Å². The highest BCUT2D eigenvalue weighted by atomic mass is 16.5. The zero-order valence-electron chi connectivity index (χ0n) is 15.6. The fourth-order valence-corrected chi connectivity index (χ4v) is 2.86. The lowest BCUT2D eigenvalue weighted by molar-refractivity contribution is 0.304. The minimum Gasteiger partial charge on any atom is -0.494 e. The maximum Gasteiger partial charge on any atom is 0.258 e. The van der Waals surface area contributed by atoms with E-state index in [0.29, 0.717) is 11.7 Å². The second kappa shape index (κ2) is 9.18. The van der Waals surface area contributed by atoms with Crippen LogP contribution in [0.15, 0.2) is 53.1 Å². The van der Waals surface area contributed by atoms with E-state index in [9.17, 15) is 0 Å². The van der Waals surface area contributed by atoms with E-state index in [-0.39, 0.29) is 0 Å². The molecule has 4 heteroatoms. The first-order valence-electron chi connectivity index (χ1n) is 9.41. The van der Waals surface area contributed by atoms with Gasteiger partial charge in [-0.3, -0.25) is 0 Å². The summed E-state index contributed by atoms with van der Waals surface area (Å²) in [7, 11) is 0. The molecule has 0 bridgehead atoms. The van der Waals surface area contributed by atoms with Gasteiger partial charge in [0.15, 0.2) is 0 Å². The average Bonchev–Trinajstić information content (AvgIpc) is 3.15. The van der Waals surface area contributed by atoms with Crippen LogP contribution in [-0.4, -0.2) is 16.7 Å². The molecule has 3 aromatic rings. The topological polar surface area (TPSA) is 48.2 Å². The molecule has 0 saturated carbocycles. The van der Waals surface area contributed by atoms with E-state index in [4.69, 9.17) is 9.26 Å². The van der Waals surface area contributed by atoms with Gasteiger partial charge in [0.2, 0.25) is 5.82 Å². The molecule has 0 unspecified atom stereocenters. The highest BCUT2D eigenvalue weighted by Gasteiger charge is 2.12. The molecule has 0 N–H and O–H groups in total. The molecule has 26 heavy (non-hydrogen) atoms. The summed E-state index contributed by atoms with van der Waals surface area (Å²) in [5, 5.41) is 4.11. The maximum atomic E-state index is 5.80. The molecule has 2 aromatic carbocycles. The average molecular weight is 350 g/mol. The Labute approximate surface area is 155 Å². The molecular formula is C22H26N2O2. The second-order valence-electron chi connectivity index (χ2n) is 6.53. The van der Waals surface area contributed by atoms with Gasteiger partial charge in [0.25, 0.3) is 5.89 Å². The van der Waals surface area contributed by atoms with Crippen LogP contribution in [0.4, 0.5) is 0 Å². The van der Waals surface area contributed by atoms with Crippen molar-refractivity contribution in [3.63, 3.8) is 0 Å². The summed E-state index contributed by atoms with van der Waals surface area (Å²) in [5.74, 6) is 2.02. The molecule has 0 fully saturated rings. The van der Waals surface area contributed by atoms with Crippen molar-refractivity contribution in [1.29, 1.82) is 0 Å². The highest BCUT2D eigenvalue weighted by molar-refractivity contribution is 5.62. The van der Waals surface area contributed by atoms with Gasteiger partial charge >= 0.3 is 0 Å². The van der Waals surface area contributed by atoms with Crippen molar-refractivity contribution in [1.82, 2.24) is 10.1 Å². The number of aryl methyl sites for hydroxylation is 1. The van der Waals surface area contributed by atoms with Crippen molar-refractivity contribution in [2.24, 2.45) is 0 Å². The molecule has 4 nitrogen and oxygen atoms in total. The monoisotopic (exact) mass is 350 g/mol. The van der Waals surface area contributed by atoms with E-state index in [1.54, 1.807) is 0 Å². The molecule has 3 rings (SSSR count). The zero-order chi connectivity index (χ0) is 18.2. The van der Waals surface area contributed by atoms with E-state index in [2.05, 4.69) is 17.1 Å². The van der Waals surface area contributed by atoms with Crippen LogP contribution < -0.4 is 4.74 Å². The number of benzene rings is 2. The molecule has 0 radical (unpaired) electrons. The maximum absolute atomic E-state index is 5.80. The highest BCUT2D eigenvalue weighted by Crippen LogP contribution is 2.25. The molecule has 0 saturated heterocycles. The van der Waals surface area contributed by atoms with E-state index in [1.807, 2.05) is 55.5 Å². The predicted octanol–water partition coefficient (Wildman–Crippen LogP) is 6.06. The number of aromatic nitrogens is 2. The van der Waals surface area contributed by atoms with Gasteiger partial charge in [-0.25, -0.2) is 0 Å². The summed E-state index contributed by atoms with van der Waals surface area (Å²) in [6.45, 7) is 5.03. The van der Waals surface area contributed by atoms with E-state index in [0.717, 1.165) is 35.5 Å². The minimum atomic E-state index is 0.523. The molecule has 0 amide bonds. The van der Waals surface area contributed by atoms with Gasteiger partial charge in [0.05, 0.1) is 6.61 Å². The first kappa shape index (κ1) is 18.2. The number of hydrogen-bond donors (Lipinski definition) is 0. The number of nitrogens with zero attached hydrogens (tertiary/aromatic N) is 2.